The molecule has 3 nitrogen and oxygen atoms in total. The number of hydrogen-bond donors (Lipinski definition) is 2. The topological polar surface area (TPSA) is 41.1 Å². The molecule has 2 aromatic rings. The Morgan fingerprint density at radius 1 is 1.26 bits per heavy atom. The molecule has 19 heavy (non-hydrogen) atoms. The van der Waals surface area contributed by atoms with Gasteiger partial charge in [0.05, 0.1) is 10.4 Å². The molecule has 2 rings (SSSR count). The van der Waals surface area contributed by atoms with Gasteiger partial charge in [0, 0.05) is 15.0 Å². The third-order valence-electron chi connectivity index (χ3n) is 2.47. The molecular formula is C13H12BrClN2OS. The lowest BCUT2D eigenvalue weighted by atomic mass is 10.3. The molecule has 0 fully saturated rings. The molecule has 1 aromatic heterocycles. The van der Waals surface area contributed by atoms with Crippen LogP contribution in [0.3, 0.4) is 0 Å². The summed E-state index contributed by atoms with van der Waals surface area (Å²) in [5.74, 6) is 0. The van der Waals surface area contributed by atoms with Crippen LogP contribution in [0.4, 0.5) is 10.5 Å². The van der Waals surface area contributed by atoms with Gasteiger partial charge in [-0.25, -0.2) is 4.79 Å². The van der Waals surface area contributed by atoms with Crippen molar-refractivity contribution in [2.24, 2.45) is 0 Å². The van der Waals surface area contributed by atoms with E-state index in [2.05, 4.69) is 26.6 Å². The van der Waals surface area contributed by atoms with Crippen LogP contribution in [0.2, 0.25) is 4.34 Å². The van der Waals surface area contributed by atoms with Crippen molar-refractivity contribution in [1.29, 1.82) is 0 Å². The summed E-state index contributed by atoms with van der Waals surface area (Å²) >= 11 is 10.7. The lowest BCUT2D eigenvalue weighted by Crippen LogP contribution is -2.30. The normalized spacial score (nSPS) is 11.9. The summed E-state index contributed by atoms with van der Waals surface area (Å²) in [7, 11) is 0. The van der Waals surface area contributed by atoms with Gasteiger partial charge < -0.3 is 10.6 Å². The molecule has 1 atom stereocenters. The first-order chi connectivity index (χ1) is 9.04. The van der Waals surface area contributed by atoms with Crippen LogP contribution < -0.4 is 10.6 Å². The van der Waals surface area contributed by atoms with E-state index in [1.807, 2.05) is 43.3 Å². The Hall–Kier alpha value is -1.04. The van der Waals surface area contributed by atoms with Gasteiger partial charge in [0.15, 0.2) is 0 Å². The average Bonchev–Trinajstić information content (AvgIpc) is 2.79. The zero-order chi connectivity index (χ0) is 13.8. The molecule has 0 radical (unpaired) electrons. The summed E-state index contributed by atoms with van der Waals surface area (Å²) < 4.78 is 1.69. The smallest absolute Gasteiger partial charge is 0.319 e. The van der Waals surface area contributed by atoms with E-state index < -0.39 is 0 Å². The number of anilines is 1. The van der Waals surface area contributed by atoms with Crippen molar-refractivity contribution >= 4 is 50.6 Å². The Balaban J connectivity index is 1.92. The predicted octanol–water partition coefficient (Wildman–Crippen LogP) is 5.05. The fourth-order valence-corrected chi connectivity index (χ4v) is 2.86. The molecule has 0 saturated heterocycles. The second-order valence-electron chi connectivity index (χ2n) is 3.97. The minimum Gasteiger partial charge on any atom is -0.331 e. The summed E-state index contributed by atoms with van der Waals surface area (Å²) in [5, 5.41) is 5.64. The van der Waals surface area contributed by atoms with E-state index in [1.165, 1.54) is 11.3 Å². The highest BCUT2D eigenvalue weighted by Gasteiger charge is 2.11. The van der Waals surface area contributed by atoms with Crippen LogP contribution in [0.5, 0.6) is 0 Å². The Bertz CT molecular complexity index is 570. The number of nitrogens with one attached hydrogen (secondary N) is 2. The lowest BCUT2D eigenvalue weighted by Gasteiger charge is -2.13. The van der Waals surface area contributed by atoms with E-state index in [1.54, 1.807) is 0 Å². The molecule has 1 aromatic carbocycles. The standard InChI is InChI=1S/C13H12BrClN2OS/c1-8(11-6-7-12(15)19-11)16-13(18)17-10-4-2-9(14)3-5-10/h2-8H,1H3,(H2,16,17,18). The Kier molecular flexibility index (Phi) is 4.85. The van der Waals surface area contributed by atoms with Gasteiger partial charge in [0.25, 0.3) is 0 Å². The second-order valence-corrected chi connectivity index (χ2v) is 6.63. The van der Waals surface area contributed by atoms with Crippen molar-refractivity contribution in [3.63, 3.8) is 0 Å². The highest BCUT2D eigenvalue weighted by molar-refractivity contribution is 9.10. The zero-order valence-corrected chi connectivity index (χ0v) is 13.3. The van der Waals surface area contributed by atoms with Crippen molar-refractivity contribution in [2.75, 3.05) is 5.32 Å². The second kappa shape index (κ2) is 6.41. The van der Waals surface area contributed by atoms with Crippen molar-refractivity contribution in [1.82, 2.24) is 5.32 Å². The number of carbonyl (C=O) groups is 1. The first-order valence-electron chi connectivity index (χ1n) is 5.63. The van der Waals surface area contributed by atoms with Crippen molar-refractivity contribution in [3.05, 3.63) is 50.1 Å². The monoisotopic (exact) mass is 358 g/mol. The van der Waals surface area contributed by atoms with Gasteiger partial charge in [0.2, 0.25) is 0 Å². The molecule has 0 aliphatic carbocycles. The maximum Gasteiger partial charge on any atom is 0.319 e. The van der Waals surface area contributed by atoms with Gasteiger partial charge in [-0.05, 0) is 43.3 Å². The summed E-state index contributed by atoms with van der Waals surface area (Å²) in [6.07, 6.45) is 0. The highest BCUT2D eigenvalue weighted by Crippen LogP contribution is 2.26. The molecule has 100 valence electrons. The quantitative estimate of drug-likeness (QED) is 0.791. The highest BCUT2D eigenvalue weighted by atomic mass is 79.9. The molecule has 0 bridgehead atoms. The van der Waals surface area contributed by atoms with Crippen LogP contribution in [-0.4, -0.2) is 6.03 Å². The van der Waals surface area contributed by atoms with Gasteiger partial charge >= 0.3 is 6.03 Å². The zero-order valence-electron chi connectivity index (χ0n) is 10.1. The van der Waals surface area contributed by atoms with Crippen LogP contribution in [0, 0.1) is 0 Å². The van der Waals surface area contributed by atoms with Crippen LogP contribution in [0.25, 0.3) is 0 Å². The van der Waals surface area contributed by atoms with Gasteiger partial charge in [0.1, 0.15) is 0 Å². The molecule has 2 N–H and O–H groups in total. The van der Waals surface area contributed by atoms with E-state index >= 15 is 0 Å². The van der Waals surface area contributed by atoms with E-state index in [-0.39, 0.29) is 12.1 Å². The molecule has 0 spiro atoms. The summed E-state index contributed by atoms with van der Waals surface area (Å²) in [6, 6.07) is 10.8. The number of halogens is 2. The molecule has 6 heteroatoms. The molecule has 1 unspecified atom stereocenters. The number of benzene rings is 1. The Labute approximate surface area is 129 Å². The maximum absolute atomic E-state index is 11.8. The van der Waals surface area contributed by atoms with Crippen LogP contribution >= 0.6 is 38.9 Å². The molecule has 0 aliphatic rings. The molecular weight excluding hydrogens is 348 g/mol. The minimum absolute atomic E-state index is 0.0760. The van der Waals surface area contributed by atoms with Gasteiger partial charge in [-0.15, -0.1) is 11.3 Å². The number of hydrogen-bond acceptors (Lipinski definition) is 2. The van der Waals surface area contributed by atoms with Gasteiger partial charge in [-0.3, -0.25) is 0 Å². The van der Waals surface area contributed by atoms with Crippen LogP contribution in [-0.2, 0) is 0 Å². The summed E-state index contributed by atoms with van der Waals surface area (Å²) in [5.41, 5.74) is 0.747. The SMILES string of the molecule is CC(NC(=O)Nc1ccc(Br)cc1)c1ccc(Cl)s1. The third kappa shape index (κ3) is 4.23. The number of thiophene rings is 1. The van der Waals surface area contributed by atoms with Crippen molar-refractivity contribution in [2.45, 2.75) is 13.0 Å². The Morgan fingerprint density at radius 2 is 1.95 bits per heavy atom. The van der Waals surface area contributed by atoms with E-state index in [0.29, 0.717) is 0 Å². The van der Waals surface area contributed by atoms with E-state index in [4.69, 9.17) is 11.6 Å². The first-order valence-corrected chi connectivity index (χ1v) is 7.61. The van der Waals surface area contributed by atoms with E-state index in [0.717, 1.165) is 19.4 Å². The maximum atomic E-state index is 11.8. The fourth-order valence-electron chi connectivity index (χ4n) is 1.53. The average molecular weight is 360 g/mol. The van der Waals surface area contributed by atoms with Gasteiger partial charge in [-0.1, -0.05) is 27.5 Å². The van der Waals surface area contributed by atoms with Crippen LogP contribution in [0.15, 0.2) is 40.9 Å². The molecule has 2 amide bonds. The number of carbonyl (C=O) groups excluding carboxylic acids is 1. The van der Waals surface area contributed by atoms with Crippen molar-refractivity contribution in [3.8, 4) is 0 Å². The summed E-state index contributed by atoms with van der Waals surface area (Å²) in [6.45, 7) is 1.92. The molecule has 0 aliphatic heterocycles. The first kappa shape index (κ1) is 14.4. The predicted molar refractivity (Wildman–Crippen MR) is 84.0 cm³/mol. The Morgan fingerprint density at radius 3 is 2.53 bits per heavy atom. The largest absolute Gasteiger partial charge is 0.331 e. The third-order valence-corrected chi connectivity index (χ3v) is 4.41. The fraction of sp³-hybridized carbons (Fsp3) is 0.154. The number of rotatable bonds is 3. The molecule has 0 saturated carbocycles. The van der Waals surface area contributed by atoms with Crippen LogP contribution in [0.1, 0.15) is 17.8 Å². The molecule has 1 heterocycles. The summed E-state index contributed by atoms with van der Waals surface area (Å²) in [4.78, 5) is 12.8. The van der Waals surface area contributed by atoms with Crippen molar-refractivity contribution < 1.29 is 4.79 Å². The minimum atomic E-state index is -0.237. The van der Waals surface area contributed by atoms with Gasteiger partial charge in [-0.2, -0.15) is 0 Å². The number of amides is 2. The number of urea groups is 1. The van der Waals surface area contributed by atoms with E-state index in [9.17, 15) is 4.79 Å². The lowest BCUT2D eigenvalue weighted by molar-refractivity contribution is 0.249.